The van der Waals surface area contributed by atoms with Gasteiger partial charge in [-0.25, -0.2) is 4.79 Å². The molecule has 1 rings (SSSR count). The van der Waals surface area contributed by atoms with E-state index in [1.165, 1.54) is 13.8 Å². The summed E-state index contributed by atoms with van der Waals surface area (Å²) in [5.41, 5.74) is -1.21. The molecule has 21 heavy (non-hydrogen) atoms. The van der Waals surface area contributed by atoms with E-state index >= 15 is 0 Å². The summed E-state index contributed by atoms with van der Waals surface area (Å²) in [6.45, 7) is -0.722. The first kappa shape index (κ1) is 17.2. The second-order valence-electron chi connectivity index (χ2n) is 5.10. The Morgan fingerprint density at radius 2 is 1.95 bits per heavy atom. The van der Waals surface area contributed by atoms with Crippen molar-refractivity contribution in [1.29, 1.82) is 0 Å². The summed E-state index contributed by atoms with van der Waals surface area (Å²) < 4.78 is 37.0. The molecule has 0 unspecified atom stereocenters. The van der Waals surface area contributed by atoms with Gasteiger partial charge in [0.1, 0.15) is 18.6 Å². The van der Waals surface area contributed by atoms with Crippen LogP contribution in [0.4, 0.5) is 18.0 Å². The number of nitrogens with zero attached hydrogens (tertiary/aromatic N) is 2. The number of aliphatic hydroxyl groups is 1. The number of aliphatic hydroxyl groups excluding tert-OH is 1. The van der Waals surface area contributed by atoms with Crippen molar-refractivity contribution in [2.75, 3.05) is 26.2 Å². The van der Waals surface area contributed by atoms with E-state index in [1.54, 1.807) is 0 Å². The fraction of sp³-hybridized carbons (Fsp3) is 0.727. The number of hydrogen-bond acceptors (Lipinski definition) is 4. The van der Waals surface area contributed by atoms with Gasteiger partial charge < -0.3 is 15.3 Å². The third-order valence-corrected chi connectivity index (χ3v) is 2.83. The first-order valence-electron chi connectivity index (χ1n) is 6.07. The number of rotatable bonds is 5. The lowest BCUT2D eigenvalue weighted by Gasteiger charge is -2.25. The zero-order chi connectivity index (χ0) is 16.4. The molecule has 7 nitrogen and oxygen atoms in total. The molecule has 1 aliphatic rings. The van der Waals surface area contributed by atoms with E-state index in [2.05, 4.69) is 5.32 Å². The van der Waals surface area contributed by atoms with Crippen LogP contribution >= 0.6 is 0 Å². The summed E-state index contributed by atoms with van der Waals surface area (Å²) in [7, 11) is 0. The fourth-order valence-electron chi connectivity index (χ4n) is 1.83. The highest BCUT2D eigenvalue weighted by atomic mass is 19.4. The molecule has 0 aliphatic carbocycles. The number of alkyl halides is 3. The van der Waals surface area contributed by atoms with Gasteiger partial charge in [0.15, 0.2) is 0 Å². The molecule has 0 spiro atoms. The Bertz CT molecular complexity index is 450. The molecule has 0 saturated carbocycles. The zero-order valence-electron chi connectivity index (χ0n) is 11.5. The van der Waals surface area contributed by atoms with Crippen molar-refractivity contribution in [3.05, 3.63) is 0 Å². The van der Waals surface area contributed by atoms with Crippen LogP contribution in [0, 0.1) is 0 Å². The van der Waals surface area contributed by atoms with E-state index in [9.17, 15) is 27.6 Å². The van der Waals surface area contributed by atoms with E-state index in [0.717, 1.165) is 0 Å². The summed E-state index contributed by atoms with van der Waals surface area (Å²) in [6, 6.07) is -0.839. The molecule has 0 atom stereocenters. The fourth-order valence-corrected chi connectivity index (χ4v) is 1.83. The predicted octanol–water partition coefficient (Wildman–Crippen LogP) is -0.300. The average molecular weight is 311 g/mol. The summed E-state index contributed by atoms with van der Waals surface area (Å²) in [5.74, 6) is -1.76. The largest absolute Gasteiger partial charge is 0.406 e. The maximum atomic E-state index is 12.3. The molecule has 1 heterocycles. The van der Waals surface area contributed by atoms with Crippen molar-refractivity contribution < 1.29 is 32.7 Å². The Labute approximate surface area is 118 Å². The second kappa shape index (κ2) is 5.88. The topological polar surface area (TPSA) is 90.0 Å². The lowest BCUT2D eigenvalue weighted by atomic mass is 10.1. The van der Waals surface area contributed by atoms with Crippen molar-refractivity contribution in [2.24, 2.45) is 0 Å². The molecule has 0 radical (unpaired) electrons. The van der Waals surface area contributed by atoms with Crippen molar-refractivity contribution in [3.63, 3.8) is 0 Å². The van der Waals surface area contributed by atoms with Gasteiger partial charge in [-0.2, -0.15) is 13.2 Å². The lowest BCUT2D eigenvalue weighted by molar-refractivity contribution is -0.162. The van der Waals surface area contributed by atoms with Crippen LogP contribution in [0.1, 0.15) is 13.8 Å². The summed E-state index contributed by atoms with van der Waals surface area (Å²) in [6.07, 6.45) is -4.64. The van der Waals surface area contributed by atoms with E-state index in [0.29, 0.717) is 9.80 Å². The number of imide groups is 1. The van der Waals surface area contributed by atoms with Gasteiger partial charge in [-0.05, 0) is 13.8 Å². The second-order valence-corrected chi connectivity index (χ2v) is 5.10. The molecular formula is C11H16F3N3O4. The Kier molecular flexibility index (Phi) is 4.82. The van der Waals surface area contributed by atoms with E-state index < -0.39 is 55.8 Å². The summed E-state index contributed by atoms with van der Waals surface area (Å²) in [4.78, 5) is 36.1. The van der Waals surface area contributed by atoms with Crippen LogP contribution in [0.2, 0.25) is 0 Å². The Morgan fingerprint density at radius 1 is 1.38 bits per heavy atom. The van der Waals surface area contributed by atoms with Gasteiger partial charge in [0.05, 0.1) is 6.61 Å². The lowest BCUT2D eigenvalue weighted by Crippen LogP contribution is -2.47. The van der Waals surface area contributed by atoms with Gasteiger partial charge in [0, 0.05) is 6.54 Å². The van der Waals surface area contributed by atoms with E-state index in [4.69, 9.17) is 5.11 Å². The highest BCUT2D eigenvalue weighted by Crippen LogP contribution is 2.19. The van der Waals surface area contributed by atoms with Crippen LogP contribution in [0.25, 0.3) is 0 Å². The maximum absolute atomic E-state index is 12.3. The predicted molar refractivity (Wildman–Crippen MR) is 64.0 cm³/mol. The average Bonchev–Trinajstić information content (AvgIpc) is 2.49. The molecule has 0 bridgehead atoms. The quantitative estimate of drug-likeness (QED) is 0.682. The number of nitrogens with one attached hydrogen (secondary N) is 1. The molecule has 0 aromatic heterocycles. The first-order valence-corrected chi connectivity index (χ1v) is 6.07. The van der Waals surface area contributed by atoms with Crippen LogP contribution in [0.3, 0.4) is 0 Å². The summed E-state index contributed by atoms with van der Waals surface area (Å²) in [5, 5.41) is 11.0. The van der Waals surface area contributed by atoms with Gasteiger partial charge >= 0.3 is 12.2 Å². The number of halogens is 3. The molecule has 10 heteroatoms. The number of carbonyl (C=O) groups is 3. The van der Waals surface area contributed by atoms with Crippen LogP contribution in [-0.2, 0) is 9.59 Å². The van der Waals surface area contributed by atoms with Crippen molar-refractivity contribution in [2.45, 2.75) is 25.6 Å². The maximum Gasteiger partial charge on any atom is 0.406 e. The molecule has 1 fully saturated rings. The zero-order valence-corrected chi connectivity index (χ0v) is 11.5. The van der Waals surface area contributed by atoms with Crippen LogP contribution < -0.4 is 5.32 Å². The molecule has 2 N–H and O–H groups in total. The highest BCUT2D eigenvalue weighted by molar-refractivity contribution is 6.08. The Morgan fingerprint density at radius 3 is 2.33 bits per heavy atom. The molecule has 1 saturated heterocycles. The number of urea groups is 1. The van der Waals surface area contributed by atoms with Crippen molar-refractivity contribution >= 4 is 17.8 Å². The minimum Gasteiger partial charge on any atom is -0.395 e. The van der Waals surface area contributed by atoms with Gasteiger partial charge in [-0.1, -0.05) is 0 Å². The monoisotopic (exact) mass is 311 g/mol. The molecule has 120 valence electrons. The SMILES string of the molecule is CC1(C)NC(=O)N(CC(=O)N(CCO)CC(F)(F)F)C1=O. The van der Waals surface area contributed by atoms with E-state index in [-0.39, 0.29) is 0 Å². The standard InChI is InChI=1S/C11H16F3N3O4/c1-10(2)8(20)17(9(21)15-10)5-7(19)16(3-4-18)6-11(12,13)14/h18H,3-6H2,1-2H3,(H,15,21). The molecule has 4 amide bonds. The van der Waals surface area contributed by atoms with Crippen molar-refractivity contribution in [1.82, 2.24) is 15.1 Å². The van der Waals surface area contributed by atoms with E-state index in [1.807, 2.05) is 0 Å². The minimum absolute atomic E-state index is 0.353. The van der Waals surface area contributed by atoms with Crippen LogP contribution in [-0.4, -0.2) is 70.7 Å². The molecular weight excluding hydrogens is 295 g/mol. The third-order valence-electron chi connectivity index (χ3n) is 2.83. The normalized spacial score (nSPS) is 17.9. The molecule has 1 aliphatic heterocycles. The highest BCUT2D eigenvalue weighted by Gasteiger charge is 2.45. The van der Waals surface area contributed by atoms with Gasteiger partial charge in [-0.15, -0.1) is 0 Å². The van der Waals surface area contributed by atoms with Gasteiger partial charge in [0.25, 0.3) is 5.91 Å². The van der Waals surface area contributed by atoms with Crippen molar-refractivity contribution in [3.8, 4) is 0 Å². The Hall–Kier alpha value is -1.84. The number of carbonyl (C=O) groups excluding carboxylic acids is 3. The number of amides is 4. The molecule has 0 aromatic carbocycles. The third kappa shape index (κ3) is 4.31. The first-order chi connectivity index (χ1) is 9.48. The van der Waals surface area contributed by atoms with Crippen LogP contribution in [0.5, 0.6) is 0 Å². The van der Waals surface area contributed by atoms with Crippen LogP contribution in [0.15, 0.2) is 0 Å². The van der Waals surface area contributed by atoms with Gasteiger partial charge in [0.2, 0.25) is 5.91 Å². The van der Waals surface area contributed by atoms with Gasteiger partial charge in [-0.3, -0.25) is 14.5 Å². The smallest absolute Gasteiger partial charge is 0.395 e. The Balaban J connectivity index is 2.78. The minimum atomic E-state index is -4.64. The summed E-state index contributed by atoms with van der Waals surface area (Å²) >= 11 is 0. The molecule has 0 aromatic rings. The number of hydrogen-bond donors (Lipinski definition) is 2.